The summed E-state index contributed by atoms with van der Waals surface area (Å²) in [6.45, 7) is 1.44. The van der Waals surface area contributed by atoms with E-state index in [4.69, 9.17) is 0 Å². The molecule has 2 amide bonds. The van der Waals surface area contributed by atoms with Crippen molar-refractivity contribution in [3.63, 3.8) is 0 Å². The van der Waals surface area contributed by atoms with Crippen LogP contribution in [-0.2, 0) is 13.5 Å². The van der Waals surface area contributed by atoms with Crippen LogP contribution in [0.25, 0.3) is 10.8 Å². The number of hydrogen-bond donors (Lipinski definition) is 1. The minimum atomic E-state index is -0.326. The van der Waals surface area contributed by atoms with Gasteiger partial charge in [-0.25, -0.2) is 0 Å². The quantitative estimate of drug-likeness (QED) is 0.461. The van der Waals surface area contributed by atoms with Crippen molar-refractivity contribution in [2.45, 2.75) is 25.7 Å². The number of benzene rings is 2. The summed E-state index contributed by atoms with van der Waals surface area (Å²) < 4.78 is 1.58. The smallest absolute Gasteiger partial charge is 0.276 e. The van der Waals surface area contributed by atoms with E-state index < -0.39 is 0 Å². The van der Waals surface area contributed by atoms with E-state index in [2.05, 4.69) is 39.7 Å². The highest BCUT2D eigenvalue weighted by atomic mass is 16.2. The standard InChI is InChI=1S/C28H29N5O2/c1-32-15-12-26(31-32)27(34)30-25-7-3-2-6-24(25)28(35)33-14-4-5-20(11-16-33)17-21-8-9-23-19-29-13-10-22(23)18-21/h2-3,6-10,12-13,15,18-20H,4-5,11,14,16-17H2,1H3,(H,30,34)/t20-/m0/s1. The Kier molecular flexibility index (Phi) is 6.57. The highest BCUT2D eigenvalue weighted by Crippen LogP contribution is 2.26. The molecule has 0 unspecified atom stereocenters. The lowest BCUT2D eigenvalue weighted by molar-refractivity contribution is 0.0761. The molecule has 178 valence electrons. The van der Waals surface area contributed by atoms with Crippen molar-refractivity contribution in [2.24, 2.45) is 13.0 Å². The molecule has 4 aromatic rings. The van der Waals surface area contributed by atoms with Gasteiger partial charge in [0.05, 0.1) is 11.3 Å². The Bertz CT molecular complexity index is 1360. The second-order valence-corrected chi connectivity index (χ2v) is 9.22. The van der Waals surface area contributed by atoms with Gasteiger partial charge in [-0.2, -0.15) is 5.10 Å². The number of carbonyl (C=O) groups is 2. The molecule has 1 atom stereocenters. The van der Waals surface area contributed by atoms with Gasteiger partial charge in [-0.1, -0.05) is 30.3 Å². The Balaban J connectivity index is 1.25. The summed E-state index contributed by atoms with van der Waals surface area (Å²) >= 11 is 0. The number of hydrogen-bond acceptors (Lipinski definition) is 4. The average Bonchev–Trinajstić information content (AvgIpc) is 3.18. The second kappa shape index (κ2) is 10.1. The van der Waals surface area contributed by atoms with Gasteiger partial charge < -0.3 is 10.2 Å². The molecule has 2 aromatic carbocycles. The molecule has 1 saturated heterocycles. The van der Waals surface area contributed by atoms with Crippen LogP contribution in [0, 0.1) is 5.92 Å². The van der Waals surface area contributed by atoms with E-state index in [9.17, 15) is 9.59 Å². The Morgan fingerprint density at radius 3 is 2.77 bits per heavy atom. The van der Waals surface area contributed by atoms with Gasteiger partial charge in [0.25, 0.3) is 11.8 Å². The lowest BCUT2D eigenvalue weighted by atomic mass is 9.92. The highest BCUT2D eigenvalue weighted by molar-refractivity contribution is 6.08. The predicted octanol–water partition coefficient (Wildman–Crippen LogP) is 4.71. The van der Waals surface area contributed by atoms with Gasteiger partial charge in [0.1, 0.15) is 0 Å². The zero-order chi connectivity index (χ0) is 24.2. The molecule has 1 aliphatic heterocycles. The molecule has 2 aromatic heterocycles. The van der Waals surface area contributed by atoms with Crippen molar-refractivity contribution < 1.29 is 9.59 Å². The number of para-hydroxylation sites is 1. The van der Waals surface area contributed by atoms with Crippen molar-refractivity contribution in [1.29, 1.82) is 0 Å². The summed E-state index contributed by atoms with van der Waals surface area (Å²) in [5, 5.41) is 9.38. The van der Waals surface area contributed by atoms with E-state index >= 15 is 0 Å². The van der Waals surface area contributed by atoms with Crippen molar-refractivity contribution >= 4 is 28.3 Å². The fourth-order valence-corrected chi connectivity index (χ4v) is 4.84. The third kappa shape index (κ3) is 5.24. The average molecular weight is 468 g/mol. The normalized spacial score (nSPS) is 16.1. The Hall–Kier alpha value is -4.00. The molecule has 7 nitrogen and oxygen atoms in total. The van der Waals surface area contributed by atoms with Crippen LogP contribution in [0.1, 0.15) is 45.7 Å². The lowest BCUT2D eigenvalue weighted by Crippen LogP contribution is -2.33. The minimum Gasteiger partial charge on any atom is -0.339 e. The zero-order valence-corrected chi connectivity index (χ0v) is 19.9. The molecule has 0 spiro atoms. The molecule has 0 bridgehead atoms. The number of nitrogens with one attached hydrogen (secondary N) is 1. The Morgan fingerprint density at radius 1 is 1.03 bits per heavy atom. The molecule has 35 heavy (non-hydrogen) atoms. The Labute approximate surface area is 204 Å². The van der Waals surface area contributed by atoms with Crippen LogP contribution in [0.15, 0.2) is 73.2 Å². The van der Waals surface area contributed by atoms with E-state index in [1.54, 1.807) is 36.1 Å². The summed E-state index contributed by atoms with van der Waals surface area (Å²) in [5.74, 6) is 0.167. The van der Waals surface area contributed by atoms with Crippen LogP contribution in [0.3, 0.4) is 0 Å². The summed E-state index contributed by atoms with van der Waals surface area (Å²) in [7, 11) is 1.76. The van der Waals surface area contributed by atoms with Gasteiger partial charge >= 0.3 is 0 Å². The van der Waals surface area contributed by atoms with Gasteiger partial charge in [-0.3, -0.25) is 19.3 Å². The molecule has 5 rings (SSSR count). The van der Waals surface area contributed by atoms with E-state index in [-0.39, 0.29) is 11.8 Å². The van der Waals surface area contributed by atoms with Crippen LogP contribution < -0.4 is 5.32 Å². The van der Waals surface area contributed by atoms with Gasteiger partial charge in [0.15, 0.2) is 5.69 Å². The molecular formula is C28H29N5O2. The molecule has 1 fully saturated rings. The number of aryl methyl sites for hydroxylation is 1. The van der Waals surface area contributed by atoms with E-state index in [0.29, 0.717) is 29.4 Å². The summed E-state index contributed by atoms with van der Waals surface area (Å²) in [6.07, 6.45) is 9.48. The minimum absolute atomic E-state index is 0.0409. The van der Waals surface area contributed by atoms with Crippen molar-refractivity contribution in [1.82, 2.24) is 19.7 Å². The monoisotopic (exact) mass is 467 g/mol. The largest absolute Gasteiger partial charge is 0.339 e. The Morgan fingerprint density at radius 2 is 1.91 bits per heavy atom. The first-order chi connectivity index (χ1) is 17.1. The van der Waals surface area contributed by atoms with Crippen LogP contribution in [0.2, 0.25) is 0 Å². The topological polar surface area (TPSA) is 80.1 Å². The number of aromatic nitrogens is 3. The highest BCUT2D eigenvalue weighted by Gasteiger charge is 2.24. The first-order valence-electron chi connectivity index (χ1n) is 12.1. The summed E-state index contributed by atoms with van der Waals surface area (Å²) in [6, 6.07) is 17.5. The SMILES string of the molecule is Cn1ccc(C(=O)Nc2ccccc2C(=O)N2CCC[C@H](Cc3ccc4cnccc4c3)CC2)n1. The first kappa shape index (κ1) is 22.8. The van der Waals surface area contributed by atoms with Crippen LogP contribution in [0.4, 0.5) is 5.69 Å². The molecule has 7 heteroatoms. The summed E-state index contributed by atoms with van der Waals surface area (Å²) in [4.78, 5) is 32.2. The van der Waals surface area contributed by atoms with Crippen LogP contribution in [0.5, 0.6) is 0 Å². The van der Waals surface area contributed by atoms with Crippen LogP contribution in [-0.4, -0.2) is 44.6 Å². The number of likely N-dealkylation sites (tertiary alicyclic amines) is 1. The van der Waals surface area contributed by atoms with E-state index in [1.807, 2.05) is 29.4 Å². The molecular weight excluding hydrogens is 438 g/mol. The number of carbonyl (C=O) groups excluding carboxylic acids is 2. The molecule has 3 heterocycles. The number of amides is 2. The van der Waals surface area contributed by atoms with Crippen molar-refractivity contribution in [2.75, 3.05) is 18.4 Å². The van der Waals surface area contributed by atoms with Gasteiger partial charge in [0.2, 0.25) is 0 Å². The maximum atomic E-state index is 13.5. The third-order valence-electron chi connectivity index (χ3n) is 6.72. The second-order valence-electron chi connectivity index (χ2n) is 9.22. The molecule has 0 aliphatic carbocycles. The van der Waals surface area contributed by atoms with Gasteiger partial charge in [-0.05, 0) is 66.8 Å². The molecule has 1 N–H and O–H groups in total. The van der Waals surface area contributed by atoms with E-state index in [0.717, 1.165) is 37.6 Å². The molecule has 0 saturated carbocycles. The maximum Gasteiger partial charge on any atom is 0.276 e. The number of pyridine rings is 1. The third-order valence-corrected chi connectivity index (χ3v) is 6.72. The molecule has 0 radical (unpaired) electrons. The summed E-state index contributed by atoms with van der Waals surface area (Å²) in [5.41, 5.74) is 2.67. The van der Waals surface area contributed by atoms with E-state index in [1.165, 1.54) is 10.9 Å². The van der Waals surface area contributed by atoms with Gasteiger partial charge in [0, 0.05) is 44.1 Å². The first-order valence-corrected chi connectivity index (χ1v) is 12.1. The maximum absolute atomic E-state index is 13.5. The fraction of sp³-hybridized carbons (Fsp3) is 0.286. The predicted molar refractivity (Wildman–Crippen MR) is 136 cm³/mol. The number of fused-ring (bicyclic) bond motifs is 1. The number of nitrogens with zero attached hydrogens (tertiary/aromatic N) is 4. The van der Waals surface area contributed by atoms with Crippen molar-refractivity contribution in [3.05, 3.63) is 90.0 Å². The van der Waals surface area contributed by atoms with Crippen molar-refractivity contribution in [3.8, 4) is 0 Å². The lowest BCUT2D eigenvalue weighted by Gasteiger charge is -2.22. The zero-order valence-electron chi connectivity index (χ0n) is 19.9. The number of anilines is 1. The van der Waals surface area contributed by atoms with Gasteiger partial charge in [-0.15, -0.1) is 0 Å². The fourth-order valence-electron chi connectivity index (χ4n) is 4.84. The van der Waals surface area contributed by atoms with Crippen LogP contribution >= 0.6 is 0 Å². The molecule has 1 aliphatic rings. The number of rotatable bonds is 5.